The molecule has 3 rings (SSSR count). The molecule has 1 aliphatic heterocycles. The number of amides is 1. The molecule has 1 aromatic heterocycles. The Bertz CT molecular complexity index is 448. The Balaban J connectivity index is 1.54. The Morgan fingerprint density at radius 2 is 1.95 bits per heavy atom. The number of fused-ring (bicyclic) bond motifs is 1. The fraction of sp³-hybridized carbons (Fsp3) is 0.733. The Morgan fingerprint density at radius 3 is 2.75 bits per heavy atom. The number of hydrogen-bond acceptors (Lipinski definition) is 3. The van der Waals surface area contributed by atoms with Crippen LogP contribution in [-0.4, -0.2) is 28.0 Å². The minimum atomic E-state index is -0.128. The van der Waals surface area contributed by atoms with Crippen molar-refractivity contribution in [2.45, 2.75) is 70.0 Å². The maximum Gasteiger partial charge on any atom is 0.237 e. The van der Waals surface area contributed by atoms with Crippen molar-refractivity contribution in [2.24, 2.45) is 0 Å². The van der Waals surface area contributed by atoms with Gasteiger partial charge in [-0.15, -0.1) is 0 Å². The molecule has 1 unspecified atom stereocenters. The van der Waals surface area contributed by atoms with Gasteiger partial charge in [0.2, 0.25) is 5.91 Å². The normalized spacial score (nSPS) is 24.5. The van der Waals surface area contributed by atoms with Crippen molar-refractivity contribution in [3.8, 4) is 0 Å². The zero-order valence-corrected chi connectivity index (χ0v) is 12.0. The van der Waals surface area contributed by atoms with Gasteiger partial charge >= 0.3 is 0 Å². The molecule has 0 aromatic carbocycles. The second-order valence-corrected chi connectivity index (χ2v) is 6.02. The molecule has 3 N–H and O–H groups in total. The van der Waals surface area contributed by atoms with Crippen LogP contribution in [0.5, 0.6) is 0 Å². The first-order valence-electron chi connectivity index (χ1n) is 7.88. The zero-order chi connectivity index (χ0) is 13.8. The quantitative estimate of drug-likeness (QED) is 0.769. The largest absolute Gasteiger partial charge is 0.352 e. The van der Waals surface area contributed by atoms with Gasteiger partial charge in [-0.25, -0.2) is 4.98 Å². The van der Waals surface area contributed by atoms with Gasteiger partial charge in [-0.1, -0.05) is 32.1 Å². The van der Waals surface area contributed by atoms with Gasteiger partial charge in [0.15, 0.2) is 0 Å². The number of rotatable bonds is 2. The first-order chi connectivity index (χ1) is 9.83. The van der Waals surface area contributed by atoms with Gasteiger partial charge in [-0.2, -0.15) is 0 Å². The molecule has 0 bridgehead atoms. The molecule has 1 amide bonds. The van der Waals surface area contributed by atoms with Crippen molar-refractivity contribution in [1.29, 1.82) is 0 Å². The molecule has 0 radical (unpaired) electrons. The summed E-state index contributed by atoms with van der Waals surface area (Å²) in [6.07, 6.45) is 11.1. The summed E-state index contributed by atoms with van der Waals surface area (Å²) in [4.78, 5) is 19.8. The van der Waals surface area contributed by atoms with Gasteiger partial charge in [0, 0.05) is 19.0 Å². The number of aromatic nitrogens is 2. The number of carbonyl (C=O) groups excluding carboxylic acids is 1. The van der Waals surface area contributed by atoms with E-state index in [-0.39, 0.29) is 11.9 Å². The lowest BCUT2D eigenvalue weighted by molar-refractivity contribution is -0.124. The predicted octanol–water partition coefficient (Wildman–Crippen LogP) is 1.65. The summed E-state index contributed by atoms with van der Waals surface area (Å²) in [5.74, 6) is 0.143. The van der Waals surface area contributed by atoms with Crippen LogP contribution in [0.2, 0.25) is 0 Å². The maximum absolute atomic E-state index is 12.4. The fourth-order valence-electron chi connectivity index (χ4n) is 3.26. The highest BCUT2D eigenvalue weighted by Crippen LogP contribution is 2.18. The maximum atomic E-state index is 12.4. The van der Waals surface area contributed by atoms with Crippen molar-refractivity contribution in [2.75, 3.05) is 0 Å². The SMILES string of the molecule is O=C(NC1CCCCCCC1)C1Cc2nc[nH]c2CN1. The van der Waals surface area contributed by atoms with Crippen molar-refractivity contribution in [3.05, 3.63) is 17.7 Å². The van der Waals surface area contributed by atoms with Crippen LogP contribution >= 0.6 is 0 Å². The Kier molecular flexibility index (Phi) is 4.35. The van der Waals surface area contributed by atoms with Gasteiger partial charge in [0.05, 0.1) is 23.8 Å². The third-order valence-corrected chi connectivity index (χ3v) is 4.50. The summed E-state index contributed by atoms with van der Waals surface area (Å²) in [6, 6.07) is 0.237. The van der Waals surface area contributed by atoms with Crippen molar-refractivity contribution < 1.29 is 4.79 Å². The summed E-state index contributed by atoms with van der Waals surface area (Å²) < 4.78 is 0. The van der Waals surface area contributed by atoms with E-state index >= 15 is 0 Å². The van der Waals surface area contributed by atoms with E-state index in [4.69, 9.17) is 0 Å². The lowest BCUT2D eigenvalue weighted by atomic mass is 9.96. The average Bonchev–Trinajstić information content (AvgIpc) is 2.88. The monoisotopic (exact) mass is 276 g/mol. The second kappa shape index (κ2) is 6.39. The molecule has 110 valence electrons. The Labute approximate surface area is 119 Å². The van der Waals surface area contributed by atoms with E-state index in [1.54, 1.807) is 6.33 Å². The molecule has 2 heterocycles. The number of nitrogens with zero attached hydrogens (tertiary/aromatic N) is 1. The van der Waals surface area contributed by atoms with Crippen molar-refractivity contribution in [3.63, 3.8) is 0 Å². The van der Waals surface area contributed by atoms with Gasteiger partial charge < -0.3 is 10.3 Å². The van der Waals surface area contributed by atoms with Crippen LogP contribution in [-0.2, 0) is 17.8 Å². The summed E-state index contributed by atoms with van der Waals surface area (Å²) >= 11 is 0. The van der Waals surface area contributed by atoms with Crippen LogP contribution < -0.4 is 10.6 Å². The van der Waals surface area contributed by atoms with Crippen LogP contribution in [0.3, 0.4) is 0 Å². The Morgan fingerprint density at radius 1 is 1.20 bits per heavy atom. The van der Waals surface area contributed by atoms with E-state index in [1.807, 2.05) is 0 Å². The van der Waals surface area contributed by atoms with E-state index in [2.05, 4.69) is 20.6 Å². The molecule has 1 fully saturated rings. The number of imidazole rings is 1. The number of nitrogens with one attached hydrogen (secondary N) is 3. The standard InChI is InChI=1S/C15H24N4O/c20-15(19-11-6-4-2-1-3-5-7-11)13-8-12-14(9-16-13)18-10-17-12/h10-11,13,16H,1-9H2,(H,17,18)(H,19,20). The van der Waals surface area contributed by atoms with Crippen LogP contribution in [0, 0.1) is 0 Å². The Hall–Kier alpha value is -1.36. The van der Waals surface area contributed by atoms with Gasteiger partial charge in [0.25, 0.3) is 0 Å². The number of hydrogen-bond donors (Lipinski definition) is 3. The molecular formula is C15H24N4O. The molecule has 1 atom stereocenters. The van der Waals surface area contributed by atoms with E-state index in [0.717, 1.165) is 24.2 Å². The molecule has 1 aromatic rings. The highest BCUT2D eigenvalue weighted by atomic mass is 16.2. The molecule has 5 heteroatoms. The van der Waals surface area contributed by atoms with Crippen LogP contribution in [0.25, 0.3) is 0 Å². The minimum Gasteiger partial charge on any atom is -0.352 e. The molecule has 0 saturated heterocycles. The second-order valence-electron chi connectivity index (χ2n) is 6.02. The van der Waals surface area contributed by atoms with Crippen molar-refractivity contribution >= 4 is 5.91 Å². The summed E-state index contributed by atoms with van der Waals surface area (Å²) in [7, 11) is 0. The third-order valence-electron chi connectivity index (χ3n) is 4.50. The van der Waals surface area contributed by atoms with Crippen LogP contribution in [0.4, 0.5) is 0 Å². The summed E-state index contributed by atoms with van der Waals surface area (Å²) in [5.41, 5.74) is 2.14. The predicted molar refractivity (Wildman–Crippen MR) is 77.2 cm³/mol. The number of aromatic amines is 1. The average molecular weight is 276 g/mol. The molecule has 1 saturated carbocycles. The number of carbonyl (C=O) groups is 1. The topological polar surface area (TPSA) is 69.8 Å². The highest BCUT2D eigenvalue weighted by molar-refractivity contribution is 5.82. The summed E-state index contributed by atoms with van der Waals surface area (Å²) in [5, 5.41) is 6.54. The van der Waals surface area contributed by atoms with Gasteiger partial charge in [0.1, 0.15) is 0 Å². The molecule has 0 spiro atoms. The van der Waals surface area contributed by atoms with E-state index in [1.165, 1.54) is 32.1 Å². The first-order valence-corrected chi connectivity index (χ1v) is 7.88. The lowest BCUT2D eigenvalue weighted by Gasteiger charge is -2.26. The summed E-state index contributed by atoms with van der Waals surface area (Å²) in [6.45, 7) is 0.706. The van der Waals surface area contributed by atoms with E-state index < -0.39 is 0 Å². The number of H-pyrrole nitrogens is 1. The lowest BCUT2D eigenvalue weighted by Crippen LogP contribution is -2.50. The minimum absolute atomic E-state index is 0.128. The molecule has 2 aliphatic rings. The van der Waals surface area contributed by atoms with Crippen LogP contribution in [0.15, 0.2) is 6.33 Å². The third kappa shape index (κ3) is 3.20. The fourth-order valence-corrected chi connectivity index (χ4v) is 3.26. The van der Waals surface area contributed by atoms with E-state index in [0.29, 0.717) is 19.0 Å². The van der Waals surface area contributed by atoms with Crippen molar-refractivity contribution in [1.82, 2.24) is 20.6 Å². The molecular weight excluding hydrogens is 252 g/mol. The van der Waals surface area contributed by atoms with Gasteiger partial charge in [-0.05, 0) is 12.8 Å². The first kappa shape index (κ1) is 13.6. The molecule has 5 nitrogen and oxygen atoms in total. The highest BCUT2D eigenvalue weighted by Gasteiger charge is 2.27. The molecule has 20 heavy (non-hydrogen) atoms. The van der Waals surface area contributed by atoms with E-state index in [9.17, 15) is 4.79 Å². The van der Waals surface area contributed by atoms with Crippen LogP contribution in [0.1, 0.15) is 56.3 Å². The smallest absolute Gasteiger partial charge is 0.237 e. The molecule has 1 aliphatic carbocycles. The van der Waals surface area contributed by atoms with Gasteiger partial charge in [-0.3, -0.25) is 10.1 Å². The zero-order valence-electron chi connectivity index (χ0n) is 12.0.